The Hall–Kier alpha value is -0.610. The second-order valence-electron chi connectivity index (χ2n) is 5.11. The molecule has 2 heterocycles. The molecule has 0 aromatic rings. The third-order valence-electron chi connectivity index (χ3n) is 4.51. The highest BCUT2D eigenvalue weighted by Crippen LogP contribution is 2.57. The molecule has 15 heavy (non-hydrogen) atoms. The van der Waals surface area contributed by atoms with E-state index in [2.05, 4.69) is 10.2 Å². The van der Waals surface area contributed by atoms with Crippen LogP contribution >= 0.6 is 0 Å². The van der Waals surface area contributed by atoms with Crippen LogP contribution in [0.2, 0.25) is 0 Å². The van der Waals surface area contributed by atoms with E-state index >= 15 is 0 Å². The predicted octanol–water partition coefficient (Wildman–Crippen LogP) is -0.454. The molecule has 4 heteroatoms. The van der Waals surface area contributed by atoms with E-state index in [1.54, 1.807) is 0 Å². The van der Waals surface area contributed by atoms with Crippen LogP contribution in [0.5, 0.6) is 0 Å². The van der Waals surface area contributed by atoms with E-state index in [1.165, 1.54) is 19.3 Å². The molecule has 3 N–H and O–H groups in total. The molecule has 1 amide bonds. The van der Waals surface area contributed by atoms with E-state index in [0.29, 0.717) is 11.8 Å². The van der Waals surface area contributed by atoms with E-state index in [1.807, 2.05) is 0 Å². The smallest absolute Gasteiger partial charge is 0.238 e. The van der Waals surface area contributed by atoms with Gasteiger partial charge in [0, 0.05) is 24.9 Å². The average Bonchev–Trinajstić information content (AvgIpc) is 2.65. The third kappa shape index (κ3) is 1.12. The largest absolute Gasteiger partial charge is 0.368 e. The molecule has 84 valence electrons. The zero-order valence-electron chi connectivity index (χ0n) is 9.04. The molecule has 3 fully saturated rings. The van der Waals surface area contributed by atoms with Gasteiger partial charge in [0.2, 0.25) is 5.91 Å². The molecule has 0 aromatic carbocycles. The number of piperidine rings is 2. The number of nitrogens with two attached hydrogens (primary N) is 1. The molecular weight excluding hydrogens is 190 g/mol. The summed E-state index contributed by atoms with van der Waals surface area (Å²) in [7, 11) is 0. The van der Waals surface area contributed by atoms with Gasteiger partial charge < -0.3 is 11.1 Å². The first kappa shape index (κ1) is 9.60. The Bertz CT molecular complexity index is 276. The van der Waals surface area contributed by atoms with Crippen molar-refractivity contribution >= 4 is 5.91 Å². The SMILES string of the molecule is NC(=O)C1(N2CCCCC2)[C@@H]2CNC[C@@H]21. The molecule has 0 spiro atoms. The number of fused-ring (bicyclic) bond motifs is 1. The standard InChI is InChI=1S/C11H19N3O/c12-10(15)11(8-6-13-7-9(8)11)14-4-2-1-3-5-14/h8-9,13H,1-7H2,(H2,12,15)/t8-,9+,11?. The van der Waals surface area contributed by atoms with Crippen molar-refractivity contribution in [2.75, 3.05) is 26.2 Å². The normalized spacial score (nSPS) is 45.1. The van der Waals surface area contributed by atoms with Crippen molar-refractivity contribution in [3.8, 4) is 0 Å². The van der Waals surface area contributed by atoms with Gasteiger partial charge in [0.05, 0.1) is 0 Å². The highest BCUT2D eigenvalue weighted by atomic mass is 16.2. The molecule has 2 aliphatic heterocycles. The summed E-state index contributed by atoms with van der Waals surface area (Å²) in [6.07, 6.45) is 3.75. The van der Waals surface area contributed by atoms with Gasteiger partial charge in [-0.25, -0.2) is 0 Å². The maximum absolute atomic E-state index is 11.7. The minimum Gasteiger partial charge on any atom is -0.368 e. The van der Waals surface area contributed by atoms with Gasteiger partial charge in [-0.1, -0.05) is 6.42 Å². The Labute approximate surface area is 90.2 Å². The molecule has 3 aliphatic rings. The fourth-order valence-corrected chi connectivity index (χ4v) is 3.77. The fraction of sp³-hybridized carbons (Fsp3) is 0.909. The summed E-state index contributed by atoms with van der Waals surface area (Å²) in [5.74, 6) is 0.905. The zero-order valence-corrected chi connectivity index (χ0v) is 9.04. The number of primary amides is 1. The van der Waals surface area contributed by atoms with Crippen molar-refractivity contribution < 1.29 is 4.79 Å². The Morgan fingerprint density at radius 1 is 1.20 bits per heavy atom. The van der Waals surface area contributed by atoms with Gasteiger partial charge in [-0.2, -0.15) is 0 Å². The molecule has 4 nitrogen and oxygen atoms in total. The summed E-state index contributed by atoms with van der Waals surface area (Å²) in [4.78, 5) is 14.1. The van der Waals surface area contributed by atoms with Gasteiger partial charge >= 0.3 is 0 Å². The van der Waals surface area contributed by atoms with Crippen molar-refractivity contribution in [2.24, 2.45) is 17.6 Å². The summed E-state index contributed by atoms with van der Waals surface area (Å²) in [5, 5.41) is 3.34. The summed E-state index contributed by atoms with van der Waals surface area (Å²) in [6.45, 7) is 4.08. The molecule has 1 saturated carbocycles. The highest BCUT2D eigenvalue weighted by molar-refractivity contribution is 5.90. The van der Waals surface area contributed by atoms with Crippen LogP contribution in [0.3, 0.4) is 0 Å². The topological polar surface area (TPSA) is 58.4 Å². The van der Waals surface area contributed by atoms with Gasteiger partial charge in [0.25, 0.3) is 0 Å². The molecular formula is C11H19N3O. The van der Waals surface area contributed by atoms with Crippen LogP contribution in [0.1, 0.15) is 19.3 Å². The zero-order chi connectivity index (χ0) is 10.5. The van der Waals surface area contributed by atoms with Crippen molar-refractivity contribution in [1.29, 1.82) is 0 Å². The Kier molecular flexibility index (Phi) is 2.04. The molecule has 0 bridgehead atoms. The Morgan fingerprint density at radius 3 is 2.33 bits per heavy atom. The first-order valence-corrected chi connectivity index (χ1v) is 6.03. The molecule has 1 aliphatic carbocycles. The number of rotatable bonds is 2. The van der Waals surface area contributed by atoms with Crippen LogP contribution in [0.4, 0.5) is 0 Å². The summed E-state index contributed by atoms with van der Waals surface area (Å²) < 4.78 is 0. The minimum atomic E-state index is -0.258. The first-order valence-electron chi connectivity index (χ1n) is 6.03. The predicted molar refractivity (Wildman–Crippen MR) is 57.2 cm³/mol. The van der Waals surface area contributed by atoms with Gasteiger partial charge in [0.15, 0.2) is 0 Å². The maximum atomic E-state index is 11.7. The van der Waals surface area contributed by atoms with Crippen LogP contribution in [0, 0.1) is 11.8 Å². The highest BCUT2D eigenvalue weighted by Gasteiger charge is 2.72. The number of carbonyl (C=O) groups is 1. The number of carbonyl (C=O) groups excluding carboxylic acids is 1. The maximum Gasteiger partial charge on any atom is 0.238 e. The lowest BCUT2D eigenvalue weighted by atomic mass is 10.0. The Morgan fingerprint density at radius 2 is 1.80 bits per heavy atom. The second kappa shape index (κ2) is 3.19. The number of likely N-dealkylation sites (tertiary alicyclic amines) is 1. The molecule has 3 rings (SSSR count). The number of hydrogen-bond donors (Lipinski definition) is 2. The van der Waals surface area contributed by atoms with E-state index in [0.717, 1.165) is 26.2 Å². The summed E-state index contributed by atoms with van der Waals surface area (Å²) in [6, 6.07) is 0. The van der Waals surface area contributed by atoms with E-state index in [4.69, 9.17) is 5.73 Å². The Balaban J connectivity index is 1.83. The van der Waals surface area contributed by atoms with E-state index in [9.17, 15) is 4.79 Å². The molecule has 0 aromatic heterocycles. The number of nitrogens with zero attached hydrogens (tertiary/aromatic N) is 1. The van der Waals surface area contributed by atoms with Gasteiger partial charge in [0.1, 0.15) is 5.54 Å². The van der Waals surface area contributed by atoms with Gasteiger partial charge in [-0.15, -0.1) is 0 Å². The molecule has 3 atom stereocenters. The van der Waals surface area contributed by atoms with Crippen molar-refractivity contribution in [2.45, 2.75) is 24.8 Å². The van der Waals surface area contributed by atoms with Crippen LogP contribution < -0.4 is 11.1 Å². The third-order valence-corrected chi connectivity index (χ3v) is 4.51. The lowest BCUT2D eigenvalue weighted by molar-refractivity contribution is -0.126. The number of amides is 1. The number of hydrogen-bond acceptors (Lipinski definition) is 3. The van der Waals surface area contributed by atoms with Gasteiger partial charge in [-0.05, 0) is 25.9 Å². The average molecular weight is 209 g/mol. The quantitative estimate of drug-likeness (QED) is 0.647. The van der Waals surface area contributed by atoms with Crippen LogP contribution in [0.15, 0.2) is 0 Å². The van der Waals surface area contributed by atoms with Crippen molar-refractivity contribution in [1.82, 2.24) is 10.2 Å². The molecule has 0 radical (unpaired) electrons. The van der Waals surface area contributed by atoms with Crippen LogP contribution in [-0.2, 0) is 4.79 Å². The van der Waals surface area contributed by atoms with Crippen LogP contribution in [-0.4, -0.2) is 42.5 Å². The van der Waals surface area contributed by atoms with Crippen molar-refractivity contribution in [3.63, 3.8) is 0 Å². The van der Waals surface area contributed by atoms with Gasteiger partial charge in [-0.3, -0.25) is 9.69 Å². The fourth-order valence-electron chi connectivity index (χ4n) is 3.77. The monoisotopic (exact) mass is 209 g/mol. The summed E-state index contributed by atoms with van der Waals surface area (Å²) in [5.41, 5.74) is 5.39. The molecule has 1 unspecified atom stereocenters. The van der Waals surface area contributed by atoms with E-state index < -0.39 is 0 Å². The second-order valence-corrected chi connectivity index (χ2v) is 5.11. The van der Waals surface area contributed by atoms with Crippen LogP contribution in [0.25, 0.3) is 0 Å². The minimum absolute atomic E-state index is 0.0825. The molecule has 2 saturated heterocycles. The lowest BCUT2D eigenvalue weighted by Gasteiger charge is -2.35. The van der Waals surface area contributed by atoms with E-state index in [-0.39, 0.29) is 11.4 Å². The number of nitrogens with one attached hydrogen (secondary N) is 1. The lowest BCUT2D eigenvalue weighted by Crippen LogP contribution is -2.54. The van der Waals surface area contributed by atoms with Crippen molar-refractivity contribution in [3.05, 3.63) is 0 Å². The summed E-state index contributed by atoms with van der Waals surface area (Å²) >= 11 is 0. The first-order chi connectivity index (χ1) is 7.28.